The largest absolute Gasteiger partial charge is 0.478 e. The number of nitro benzene ring substituents is 1. The Morgan fingerprint density at radius 3 is 2.68 bits per heavy atom. The van der Waals surface area contributed by atoms with Crippen LogP contribution in [0.2, 0.25) is 0 Å². The number of nitrogens with zero attached hydrogens (tertiary/aromatic N) is 1. The number of ether oxygens (including phenoxy) is 1. The quantitative estimate of drug-likeness (QED) is 0.592. The topological polar surface area (TPSA) is 119 Å². The van der Waals surface area contributed by atoms with Gasteiger partial charge in [-0.2, -0.15) is 0 Å². The molecule has 0 heterocycles. The van der Waals surface area contributed by atoms with E-state index in [4.69, 9.17) is 9.84 Å². The number of methoxy groups -OCH3 is 1. The van der Waals surface area contributed by atoms with E-state index in [0.29, 0.717) is 0 Å². The summed E-state index contributed by atoms with van der Waals surface area (Å²) in [7, 11) is 1.43. The molecule has 0 bridgehead atoms. The summed E-state index contributed by atoms with van der Waals surface area (Å²) in [4.78, 5) is 32.3. The number of benzene rings is 1. The summed E-state index contributed by atoms with van der Waals surface area (Å²) in [5, 5.41) is 21.9. The zero-order valence-corrected chi connectivity index (χ0v) is 10.1. The molecule has 102 valence electrons. The number of nitro groups is 1. The molecule has 1 aromatic rings. The van der Waals surface area contributed by atoms with Crippen LogP contribution in [0, 0.1) is 10.1 Å². The summed E-state index contributed by atoms with van der Waals surface area (Å²) < 4.78 is 4.71. The van der Waals surface area contributed by atoms with Gasteiger partial charge in [-0.3, -0.25) is 14.9 Å². The summed E-state index contributed by atoms with van der Waals surface area (Å²) in [5.41, 5.74) is -0.675. The number of carboxylic acids is 1. The molecule has 0 fully saturated rings. The van der Waals surface area contributed by atoms with Crippen molar-refractivity contribution >= 4 is 23.3 Å². The number of carbonyl (C=O) groups excluding carboxylic acids is 1. The first kappa shape index (κ1) is 14.6. The molecule has 0 spiro atoms. The molecule has 0 saturated heterocycles. The fourth-order valence-corrected chi connectivity index (χ4v) is 1.34. The molecule has 8 nitrogen and oxygen atoms in total. The molecule has 0 aliphatic rings. The Bertz CT molecular complexity index is 514. The maximum absolute atomic E-state index is 11.4. The molecular weight excluding hydrogens is 256 g/mol. The summed E-state index contributed by atoms with van der Waals surface area (Å²) in [6.07, 6.45) is 0.0621. The fourth-order valence-electron chi connectivity index (χ4n) is 1.34. The van der Waals surface area contributed by atoms with Gasteiger partial charge in [-0.25, -0.2) is 4.79 Å². The zero-order chi connectivity index (χ0) is 14.4. The molecule has 1 amide bonds. The third kappa shape index (κ3) is 4.03. The number of hydrogen-bond acceptors (Lipinski definition) is 5. The van der Waals surface area contributed by atoms with E-state index in [1.807, 2.05) is 0 Å². The Morgan fingerprint density at radius 1 is 1.47 bits per heavy atom. The second-order valence-corrected chi connectivity index (χ2v) is 3.58. The first-order valence-corrected chi connectivity index (χ1v) is 5.26. The van der Waals surface area contributed by atoms with E-state index in [0.717, 1.165) is 12.1 Å². The maximum Gasteiger partial charge on any atom is 0.338 e. The van der Waals surface area contributed by atoms with Gasteiger partial charge in [0.2, 0.25) is 5.91 Å². The number of nitrogens with one attached hydrogen (secondary N) is 1. The minimum Gasteiger partial charge on any atom is -0.478 e. The Kier molecular flexibility index (Phi) is 4.95. The number of non-ortho nitro benzene ring substituents is 1. The summed E-state index contributed by atoms with van der Waals surface area (Å²) >= 11 is 0. The number of aromatic carboxylic acids is 1. The Labute approximate surface area is 108 Å². The Morgan fingerprint density at radius 2 is 2.16 bits per heavy atom. The van der Waals surface area contributed by atoms with E-state index in [1.54, 1.807) is 0 Å². The molecule has 0 aliphatic carbocycles. The van der Waals surface area contributed by atoms with Crippen LogP contribution in [0.25, 0.3) is 0 Å². The van der Waals surface area contributed by atoms with Gasteiger partial charge in [-0.1, -0.05) is 0 Å². The van der Waals surface area contributed by atoms with E-state index in [2.05, 4.69) is 5.32 Å². The lowest BCUT2D eigenvalue weighted by atomic mass is 10.1. The molecule has 0 atom stereocenters. The lowest BCUT2D eigenvalue weighted by Crippen LogP contribution is -2.16. The summed E-state index contributed by atoms with van der Waals surface area (Å²) in [6.45, 7) is 0.196. The number of rotatable bonds is 6. The molecular formula is C11H12N2O6. The van der Waals surface area contributed by atoms with Crippen molar-refractivity contribution in [2.75, 3.05) is 19.0 Å². The smallest absolute Gasteiger partial charge is 0.338 e. The monoisotopic (exact) mass is 268 g/mol. The number of carbonyl (C=O) groups is 2. The van der Waals surface area contributed by atoms with E-state index in [-0.39, 0.29) is 30.0 Å². The summed E-state index contributed by atoms with van der Waals surface area (Å²) in [5.74, 6) is -1.79. The van der Waals surface area contributed by atoms with Gasteiger partial charge in [0.05, 0.1) is 29.2 Å². The molecule has 0 aromatic heterocycles. The third-order valence-electron chi connectivity index (χ3n) is 2.25. The van der Waals surface area contributed by atoms with Crippen molar-refractivity contribution in [1.82, 2.24) is 0 Å². The number of amides is 1. The average Bonchev–Trinajstić information content (AvgIpc) is 2.36. The van der Waals surface area contributed by atoms with Crippen molar-refractivity contribution in [2.24, 2.45) is 0 Å². The van der Waals surface area contributed by atoms with Gasteiger partial charge >= 0.3 is 5.97 Å². The van der Waals surface area contributed by atoms with Crippen LogP contribution in [0.1, 0.15) is 16.8 Å². The number of hydrogen-bond donors (Lipinski definition) is 2. The second kappa shape index (κ2) is 6.45. The molecule has 19 heavy (non-hydrogen) atoms. The normalized spacial score (nSPS) is 9.95. The van der Waals surface area contributed by atoms with Crippen LogP contribution in [0.3, 0.4) is 0 Å². The first-order chi connectivity index (χ1) is 8.95. The molecule has 0 saturated carbocycles. The van der Waals surface area contributed by atoms with Crippen molar-refractivity contribution in [2.45, 2.75) is 6.42 Å². The van der Waals surface area contributed by atoms with Crippen molar-refractivity contribution < 1.29 is 24.4 Å². The van der Waals surface area contributed by atoms with Gasteiger partial charge < -0.3 is 15.2 Å². The van der Waals surface area contributed by atoms with Crippen LogP contribution in [-0.4, -0.2) is 35.6 Å². The van der Waals surface area contributed by atoms with E-state index in [9.17, 15) is 19.7 Å². The average molecular weight is 268 g/mol. The van der Waals surface area contributed by atoms with Crippen molar-refractivity contribution in [3.8, 4) is 0 Å². The van der Waals surface area contributed by atoms with E-state index in [1.165, 1.54) is 13.2 Å². The SMILES string of the molecule is COCCC(=O)Nc1ccc([N+](=O)[O-])cc1C(=O)O. The van der Waals surface area contributed by atoms with Crippen molar-refractivity contribution in [3.05, 3.63) is 33.9 Å². The molecule has 0 aliphatic heterocycles. The predicted molar refractivity (Wildman–Crippen MR) is 65.2 cm³/mol. The highest BCUT2D eigenvalue weighted by molar-refractivity contribution is 6.01. The molecule has 8 heteroatoms. The maximum atomic E-state index is 11.4. The second-order valence-electron chi connectivity index (χ2n) is 3.58. The van der Waals surface area contributed by atoms with Gasteiger partial charge in [0.25, 0.3) is 5.69 Å². The number of anilines is 1. The fraction of sp³-hybridized carbons (Fsp3) is 0.273. The van der Waals surface area contributed by atoms with E-state index >= 15 is 0 Å². The Hall–Kier alpha value is -2.48. The highest BCUT2D eigenvalue weighted by atomic mass is 16.6. The van der Waals surface area contributed by atoms with Crippen LogP contribution in [0.5, 0.6) is 0 Å². The standard InChI is InChI=1S/C11H12N2O6/c1-19-5-4-10(14)12-9-3-2-7(13(17)18)6-8(9)11(15)16/h2-3,6H,4-5H2,1H3,(H,12,14)(H,15,16). The van der Waals surface area contributed by atoms with Gasteiger partial charge in [0.15, 0.2) is 0 Å². The van der Waals surface area contributed by atoms with Gasteiger partial charge in [-0.05, 0) is 6.07 Å². The molecule has 1 rings (SSSR count). The van der Waals surface area contributed by atoms with Crippen LogP contribution in [0.15, 0.2) is 18.2 Å². The highest BCUT2D eigenvalue weighted by Gasteiger charge is 2.17. The highest BCUT2D eigenvalue weighted by Crippen LogP contribution is 2.22. The lowest BCUT2D eigenvalue weighted by molar-refractivity contribution is -0.384. The third-order valence-corrected chi connectivity index (χ3v) is 2.25. The van der Waals surface area contributed by atoms with Crippen molar-refractivity contribution in [3.63, 3.8) is 0 Å². The number of carboxylic acid groups (broad SMARTS) is 1. The van der Waals surface area contributed by atoms with Gasteiger partial charge in [0, 0.05) is 19.2 Å². The first-order valence-electron chi connectivity index (χ1n) is 5.26. The molecule has 1 aromatic carbocycles. The van der Waals surface area contributed by atoms with Crippen molar-refractivity contribution in [1.29, 1.82) is 0 Å². The predicted octanol–water partition coefficient (Wildman–Crippen LogP) is 1.27. The molecule has 2 N–H and O–H groups in total. The van der Waals surface area contributed by atoms with E-state index < -0.39 is 16.8 Å². The van der Waals surface area contributed by atoms with Gasteiger partial charge in [0.1, 0.15) is 0 Å². The zero-order valence-electron chi connectivity index (χ0n) is 10.1. The lowest BCUT2D eigenvalue weighted by Gasteiger charge is -2.08. The Balaban J connectivity index is 2.97. The molecule has 0 radical (unpaired) electrons. The summed E-state index contributed by atoms with van der Waals surface area (Å²) in [6, 6.07) is 3.21. The molecule has 0 unspecified atom stereocenters. The van der Waals surface area contributed by atoms with Crippen LogP contribution in [0.4, 0.5) is 11.4 Å². The minimum atomic E-state index is -1.36. The van der Waals surface area contributed by atoms with Crippen LogP contribution < -0.4 is 5.32 Å². The van der Waals surface area contributed by atoms with Gasteiger partial charge in [-0.15, -0.1) is 0 Å². The van der Waals surface area contributed by atoms with Crippen LogP contribution >= 0.6 is 0 Å². The van der Waals surface area contributed by atoms with Crippen LogP contribution in [-0.2, 0) is 9.53 Å². The minimum absolute atomic E-state index is 0.0132.